The highest BCUT2D eigenvalue weighted by Crippen LogP contribution is 2.31. The van der Waals surface area contributed by atoms with E-state index in [0.717, 1.165) is 5.56 Å². The number of rotatable bonds is 4. The number of carbonyl (C=O) groups is 2. The third-order valence-corrected chi connectivity index (χ3v) is 3.09. The van der Waals surface area contributed by atoms with Gasteiger partial charge >= 0.3 is 12.1 Å². The zero-order chi connectivity index (χ0) is 16.4. The number of halogens is 3. The van der Waals surface area contributed by atoms with Crippen LogP contribution in [0.1, 0.15) is 24.1 Å². The Bertz CT molecular complexity index is 543. The van der Waals surface area contributed by atoms with Gasteiger partial charge in [-0.1, -0.05) is 29.8 Å². The number of carboxylic acids is 1. The van der Waals surface area contributed by atoms with E-state index in [0.29, 0.717) is 6.92 Å². The molecule has 1 aromatic rings. The maximum absolute atomic E-state index is 12.8. The van der Waals surface area contributed by atoms with Crippen molar-refractivity contribution in [3.05, 3.63) is 35.4 Å². The van der Waals surface area contributed by atoms with Crippen molar-refractivity contribution in [1.29, 1.82) is 0 Å². The summed E-state index contributed by atoms with van der Waals surface area (Å²) in [5, 5.41) is 10.2. The van der Waals surface area contributed by atoms with Crippen LogP contribution in [0, 0.1) is 6.92 Å². The number of nitrogens with one attached hydrogen (secondary N) is 1. The van der Waals surface area contributed by atoms with Crippen molar-refractivity contribution in [1.82, 2.24) is 5.32 Å². The molecular formula is C13H15F3N2O3. The van der Waals surface area contributed by atoms with Crippen LogP contribution < -0.4 is 11.1 Å². The number of carboxylic acid groups (broad SMARTS) is 1. The van der Waals surface area contributed by atoms with Gasteiger partial charge in [0.05, 0.1) is 0 Å². The minimum Gasteiger partial charge on any atom is -0.479 e. The maximum atomic E-state index is 12.8. The monoisotopic (exact) mass is 304 g/mol. The lowest BCUT2D eigenvalue weighted by molar-refractivity contribution is -0.207. The highest BCUT2D eigenvalue weighted by molar-refractivity contribution is 5.90. The maximum Gasteiger partial charge on any atom is 0.422 e. The molecule has 0 heterocycles. The molecular weight excluding hydrogens is 289 g/mol. The van der Waals surface area contributed by atoms with Gasteiger partial charge in [0.15, 0.2) is 0 Å². The van der Waals surface area contributed by atoms with Crippen molar-refractivity contribution in [3.8, 4) is 0 Å². The minimum atomic E-state index is -5.15. The van der Waals surface area contributed by atoms with Gasteiger partial charge in [-0.2, -0.15) is 13.2 Å². The molecule has 0 fully saturated rings. The third-order valence-electron chi connectivity index (χ3n) is 3.09. The smallest absolute Gasteiger partial charge is 0.422 e. The number of hydrogen-bond acceptors (Lipinski definition) is 3. The van der Waals surface area contributed by atoms with Crippen molar-refractivity contribution in [2.75, 3.05) is 0 Å². The number of aryl methyl sites for hydroxylation is 1. The number of benzene rings is 1. The first-order valence-corrected chi connectivity index (χ1v) is 5.93. The second kappa shape index (κ2) is 5.72. The summed E-state index contributed by atoms with van der Waals surface area (Å²) < 4.78 is 38.4. The molecule has 8 heteroatoms. The van der Waals surface area contributed by atoms with Crippen LogP contribution in [0.4, 0.5) is 13.2 Å². The number of nitrogens with two attached hydrogens (primary N) is 1. The second-order valence-electron chi connectivity index (χ2n) is 4.81. The van der Waals surface area contributed by atoms with E-state index in [2.05, 4.69) is 0 Å². The van der Waals surface area contributed by atoms with E-state index < -0.39 is 29.6 Å². The molecule has 4 N–H and O–H groups in total. The zero-order valence-electron chi connectivity index (χ0n) is 11.4. The van der Waals surface area contributed by atoms with Gasteiger partial charge in [-0.05, 0) is 19.4 Å². The van der Waals surface area contributed by atoms with E-state index in [1.165, 1.54) is 17.4 Å². The van der Waals surface area contributed by atoms with E-state index in [4.69, 9.17) is 10.8 Å². The van der Waals surface area contributed by atoms with Crippen molar-refractivity contribution < 1.29 is 27.9 Å². The lowest BCUT2D eigenvalue weighted by Gasteiger charge is -2.29. The Labute approximate surface area is 118 Å². The third kappa shape index (κ3) is 3.52. The molecule has 116 valence electrons. The fourth-order valence-electron chi connectivity index (χ4n) is 1.49. The van der Waals surface area contributed by atoms with Gasteiger partial charge < -0.3 is 16.2 Å². The Balaban J connectivity index is 2.98. The fraction of sp³-hybridized carbons (Fsp3) is 0.385. The Hall–Kier alpha value is -2.09. The first-order chi connectivity index (χ1) is 9.49. The molecule has 0 saturated carbocycles. The molecule has 0 aliphatic carbocycles. The standard InChI is InChI=1S/C13H15F3N2O3/c1-7-3-5-8(6-4-7)9(17)10(19)18-12(2,11(20)21)13(14,15)16/h3-6,9H,17H2,1-2H3,(H,18,19)(H,20,21). The van der Waals surface area contributed by atoms with Gasteiger partial charge in [0.25, 0.3) is 0 Å². The number of amides is 1. The highest BCUT2D eigenvalue weighted by atomic mass is 19.4. The fourth-order valence-corrected chi connectivity index (χ4v) is 1.49. The normalized spacial score (nSPS) is 15.9. The van der Waals surface area contributed by atoms with Crippen molar-refractivity contribution in [2.45, 2.75) is 31.6 Å². The number of aliphatic carboxylic acids is 1. The van der Waals surface area contributed by atoms with Crippen molar-refractivity contribution >= 4 is 11.9 Å². The summed E-state index contributed by atoms with van der Waals surface area (Å²) in [5.74, 6) is -3.43. The summed E-state index contributed by atoms with van der Waals surface area (Å²) in [4.78, 5) is 22.6. The zero-order valence-corrected chi connectivity index (χ0v) is 11.4. The van der Waals surface area contributed by atoms with Crippen molar-refractivity contribution in [3.63, 3.8) is 0 Å². The van der Waals surface area contributed by atoms with Crippen LogP contribution in [0.15, 0.2) is 24.3 Å². The average Bonchev–Trinajstić information content (AvgIpc) is 2.37. The number of carbonyl (C=O) groups excluding carboxylic acids is 1. The molecule has 0 saturated heterocycles. The second-order valence-corrected chi connectivity index (χ2v) is 4.81. The van der Waals surface area contributed by atoms with Crippen LogP contribution in [-0.2, 0) is 9.59 Å². The Morgan fingerprint density at radius 1 is 1.24 bits per heavy atom. The Morgan fingerprint density at radius 2 is 1.71 bits per heavy atom. The van der Waals surface area contributed by atoms with E-state index in [1.54, 1.807) is 19.1 Å². The van der Waals surface area contributed by atoms with E-state index in [9.17, 15) is 22.8 Å². The topological polar surface area (TPSA) is 92.4 Å². The predicted molar refractivity (Wildman–Crippen MR) is 68.3 cm³/mol. The molecule has 0 aliphatic rings. The Kier molecular flexibility index (Phi) is 4.62. The molecule has 0 aromatic heterocycles. The summed E-state index contributed by atoms with van der Waals surface area (Å²) in [7, 11) is 0. The lowest BCUT2D eigenvalue weighted by Crippen LogP contribution is -2.63. The molecule has 1 aromatic carbocycles. The van der Waals surface area contributed by atoms with Gasteiger partial charge in [0, 0.05) is 0 Å². The molecule has 5 nitrogen and oxygen atoms in total. The highest BCUT2D eigenvalue weighted by Gasteiger charge is 2.58. The molecule has 0 aliphatic heterocycles. The number of hydrogen-bond donors (Lipinski definition) is 3. The van der Waals surface area contributed by atoms with Crippen LogP contribution in [-0.4, -0.2) is 28.7 Å². The first kappa shape index (κ1) is 17.0. The van der Waals surface area contributed by atoms with E-state index in [1.807, 2.05) is 0 Å². The van der Waals surface area contributed by atoms with Gasteiger partial charge in [-0.25, -0.2) is 4.79 Å². The molecule has 0 spiro atoms. The minimum absolute atomic E-state index is 0.285. The summed E-state index contributed by atoms with van der Waals surface area (Å²) in [6.45, 7) is 2.16. The molecule has 2 unspecified atom stereocenters. The van der Waals surface area contributed by atoms with Crippen LogP contribution in [0.3, 0.4) is 0 Å². The summed E-state index contributed by atoms with van der Waals surface area (Å²) in [6.07, 6.45) is -5.15. The molecule has 21 heavy (non-hydrogen) atoms. The lowest BCUT2D eigenvalue weighted by atomic mass is 9.99. The SMILES string of the molecule is Cc1ccc(C(N)C(=O)NC(C)(C(=O)O)C(F)(F)F)cc1. The molecule has 1 amide bonds. The van der Waals surface area contributed by atoms with Gasteiger partial charge in [0.2, 0.25) is 11.4 Å². The quantitative estimate of drug-likeness (QED) is 0.786. The van der Waals surface area contributed by atoms with Crippen LogP contribution in [0.2, 0.25) is 0 Å². The summed E-state index contributed by atoms with van der Waals surface area (Å²) in [5.41, 5.74) is 3.34. The molecule has 0 bridgehead atoms. The average molecular weight is 304 g/mol. The van der Waals surface area contributed by atoms with Gasteiger partial charge in [-0.3, -0.25) is 4.79 Å². The summed E-state index contributed by atoms with van der Waals surface area (Å²) in [6, 6.07) is 4.87. The van der Waals surface area contributed by atoms with Crippen LogP contribution >= 0.6 is 0 Å². The summed E-state index contributed by atoms with van der Waals surface area (Å²) >= 11 is 0. The predicted octanol–water partition coefficient (Wildman–Crippen LogP) is 1.52. The van der Waals surface area contributed by atoms with Gasteiger partial charge in [-0.15, -0.1) is 0 Å². The van der Waals surface area contributed by atoms with Gasteiger partial charge in [0.1, 0.15) is 6.04 Å². The molecule has 2 atom stereocenters. The van der Waals surface area contributed by atoms with Crippen LogP contribution in [0.5, 0.6) is 0 Å². The Morgan fingerprint density at radius 3 is 2.10 bits per heavy atom. The first-order valence-electron chi connectivity index (χ1n) is 5.93. The van der Waals surface area contributed by atoms with E-state index in [-0.39, 0.29) is 5.56 Å². The molecule has 1 rings (SSSR count). The van der Waals surface area contributed by atoms with E-state index >= 15 is 0 Å². The largest absolute Gasteiger partial charge is 0.479 e. The van der Waals surface area contributed by atoms with Crippen LogP contribution in [0.25, 0.3) is 0 Å². The van der Waals surface area contributed by atoms with Crippen molar-refractivity contribution in [2.24, 2.45) is 5.73 Å². The number of alkyl halides is 3. The molecule has 0 radical (unpaired) electrons.